The molecular weight excluding hydrogens is 239 g/mol. The minimum atomic E-state index is -0.991. The van der Waals surface area contributed by atoms with Gasteiger partial charge in [-0.1, -0.05) is 41.9 Å². The standard InChI is InChI=1S/C14H12ClFO/c1-9-7-13(16)11(8-12(9)15)14(17)10-5-3-2-4-6-10/h2-8,14,17H,1H3. The lowest BCUT2D eigenvalue weighted by molar-refractivity contribution is 0.215. The van der Waals surface area contributed by atoms with Crippen molar-refractivity contribution in [2.75, 3.05) is 0 Å². The SMILES string of the molecule is Cc1cc(F)c(C(O)c2ccccc2)cc1Cl. The zero-order valence-corrected chi connectivity index (χ0v) is 10.1. The van der Waals surface area contributed by atoms with E-state index in [2.05, 4.69) is 0 Å². The van der Waals surface area contributed by atoms with Crippen LogP contribution in [0.5, 0.6) is 0 Å². The number of benzene rings is 2. The molecule has 0 radical (unpaired) electrons. The first-order valence-electron chi connectivity index (χ1n) is 5.28. The third kappa shape index (κ3) is 2.48. The van der Waals surface area contributed by atoms with Crippen LogP contribution >= 0.6 is 11.6 Å². The second-order valence-electron chi connectivity index (χ2n) is 3.94. The van der Waals surface area contributed by atoms with Crippen LogP contribution in [0.3, 0.4) is 0 Å². The first-order chi connectivity index (χ1) is 8.09. The van der Waals surface area contributed by atoms with Crippen molar-refractivity contribution in [2.24, 2.45) is 0 Å². The van der Waals surface area contributed by atoms with E-state index in [4.69, 9.17) is 11.6 Å². The molecule has 0 heterocycles. The molecule has 1 nitrogen and oxygen atoms in total. The van der Waals surface area contributed by atoms with Gasteiger partial charge in [-0.3, -0.25) is 0 Å². The van der Waals surface area contributed by atoms with E-state index in [1.54, 1.807) is 31.2 Å². The fourth-order valence-corrected chi connectivity index (χ4v) is 1.86. The Balaban J connectivity index is 2.44. The van der Waals surface area contributed by atoms with Crippen molar-refractivity contribution < 1.29 is 9.50 Å². The molecule has 0 bridgehead atoms. The van der Waals surface area contributed by atoms with Gasteiger partial charge in [-0.25, -0.2) is 4.39 Å². The molecule has 0 spiro atoms. The monoisotopic (exact) mass is 250 g/mol. The van der Waals surface area contributed by atoms with Crippen LogP contribution in [0, 0.1) is 12.7 Å². The van der Waals surface area contributed by atoms with E-state index in [0.29, 0.717) is 16.1 Å². The minimum absolute atomic E-state index is 0.201. The summed E-state index contributed by atoms with van der Waals surface area (Å²) >= 11 is 5.94. The molecule has 0 amide bonds. The topological polar surface area (TPSA) is 20.2 Å². The van der Waals surface area contributed by atoms with Gasteiger partial charge in [0.1, 0.15) is 11.9 Å². The summed E-state index contributed by atoms with van der Waals surface area (Å²) in [6.07, 6.45) is -0.991. The number of halogens is 2. The number of hydrogen-bond donors (Lipinski definition) is 1. The average Bonchev–Trinajstić information content (AvgIpc) is 2.34. The van der Waals surface area contributed by atoms with Gasteiger partial charge in [0.25, 0.3) is 0 Å². The highest BCUT2D eigenvalue weighted by molar-refractivity contribution is 6.31. The van der Waals surface area contributed by atoms with Gasteiger partial charge >= 0.3 is 0 Å². The van der Waals surface area contributed by atoms with Gasteiger partial charge in [0.05, 0.1) is 0 Å². The van der Waals surface area contributed by atoms with Crippen molar-refractivity contribution in [3.8, 4) is 0 Å². The predicted molar refractivity (Wildman–Crippen MR) is 66.7 cm³/mol. The van der Waals surface area contributed by atoms with Crippen LogP contribution in [0.15, 0.2) is 42.5 Å². The maximum absolute atomic E-state index is 13.7. The quantitative estimate of drug-likeness (QED) is 0.858. The molecule has 1 unspecified atom stereocenters. The summed E-state index contributed by atoms with van der Waals surface area (Å²) in [5, 5.41) is 10.5. The first kappa shape index (κ1) is 12.1. The molecule has 2 rings (SSSR count). The van der Waals surface area contributed by atoms with Crippen LogP contribution in [0.4, 0.5) is 4.39 Å². The highest BCUT2D eigenvalue weighted by Gasteiger charge is 2.16. The van der Waals surface area contributed by atoms with E-state index in [-0.39, 0.29) is 5.56 Å². The fourth-order valence-electron chi connectivity index (χ4n) is 1.69. The zero-order chi connectivity index (χ0) is 12.4. The van der Waals surface area contributed by atoms with E-state index in [9.17, 15) is 9.50 Å². The van der Waals surface area contributed by atoms with E-state index >= 15 is 0 Å². The molecule has 0 aliphatic rings. The Bertz CT molecular complexity index is 525. The summed E-state index contributed by atoms with van der Waals surface area (Å²) in [5.41, 5.74) is 1.51. The summed E-state index contributed by atoms with van der Waals surface area (Å²) in [6.45, 7) is 1.73. The molecule has 17 heavy (non-hydrogen) atoms. The normalized spacial score (nSPS) is 12.5. The lowest BCUT2D eigenvalue weighted by Gasteiger charge is -2.13. The Morgan fingerprint density at radius 1 is 1.18 bits per heavy atom. The van der Waals surface area contributed by atoms with Crippen molar-refractivity contribution in [3.05, 3.63) is 70.0 Å². The molecule has 0 fully saturated rings. The van der Waals surface area contributed by atoms with Crippen molar-refractivity contribution >= 4 is 11.6 Å². The number of aryl methyl sites for hydroxylation is 1. The number of hydrogen-bond acceptors (Lipinski definition) is 1. The predicted octanol–water partition coefficient (Wildman–Crippen LogP) is 3.87. The van der Waals surface area contributed by atoms with Gasteiger partial charge in [-0.05, 0) is 30.2 Å². The third-order valence-electron chi connectivity index (χ3n) is 2.69. The summed E-state index contributed by atoms with van der Waals surface area (Å²) in [6, 6.07) is 11.7. The molecular formula is C14H12ClFO. The molecule has 0 aromatic heterocycles. The maximum Gasteiger partial charge on any atom is 0.129 e. The summed E-state index contributed by atoms with van der Waals surface area (Å²) in [7, 11) is 0. The lowest BCUT2D eigenvalue weighted by atomic mass is 10.00. The van der Waals surface area contributed by atoms with Crippen molar-refractivity contribution in [1.82, 2.24) is 0 Å². The first-order valence-corrected chi connectivity index (χ1v) is 5.66. The van der Waals surface area contributed by atoms with Crippen molar-refractivity contribution in [3.63, 3.8) is 0 Å². The zero-order valence-electron chi connectivity index (χ0n) is 9.32. The molecule has 0 aliphatic heterocycles. The Morgan fingerprint density at radius 2 is 1.82 bits per heavy atom. The third-order valence-corrected chi connectivity index (χ3v) is 3.10. The largest absolute Gasteiger partial charge is 0.384 e. The molecule has 1 atom stereocenters. The summed E-state index contributed by atoms with van der Waals surface area (Å²) in [5.74, 6) is -0.441. The van der Waals surface area contributed by atoms with Crippen LogP contribution in [-0.2, 0) is 0 Å². The molecule has 88 valence electrons. The summed E-state index contributed by atoms with van der Waals surface area (Å²) in [4.78, 5) is 0. The highest BCUT2D eigenvalue weighted by atomic mass is 35.5. The molecule has 0 aliphatic carbocycles. The van der Waals surface area contributed by atoms with E-state index in [1.807, 2.05) is 6.07 Å². The van der Waals surface area contributed by atoms with Gasteiger partial charge in [0.15, 0.2) is 0 Å². The van der Waals surface area contributed by atoms with E-state index < -0.39 is 11.9 Å². The Hall–Kier alpha value is -1.38. The van der Waals surface area contributed by atoms with Crippen molar-refractivity contribution in [2.45, 2.75) is 13.0 Å². The maximum atomic E-state index is 13.7. The van der Waals surface area contributed by atoms with Crippen molar-refractivity contribution in [1.29, 1.82) is 0 Å². The summed E-state index contributed by atoms with van der Waals surface area (Å²) < 4.78 is 13.7. The van der Waals surface area contributed by atoms with Gasteiger partial charge in [0, 0.05) is 10.6 Å². The molecule has 1 N–H and O–H groups in total. The Kier molecular flexibility index (Phi) is 3.46. The van der Waals surface area contributed by atoms with Gasteiger partial charge in [-0.2, -0.15) is 0 Å². The minimum Gasteiger partial charge on any atom is -0.384 e. The number of rotatable bonds is 2. The van der Waals surface area contributed by atoms with Gasteiger partial charge in [0.2, 0.25) is 0 Å². The highest BCUT2D eigenvalue weighted by Crippen LogP contribution is 2.28. The Labute approximate surface area is 104 Å². The van der Waals surface area contributed by atoms with Crippen LogP contribution in [0.2, 0.25) is 5.02 Å². The van der Waals surface area contributed by atoms with Gasteiger partial charge in [-0.15, -0.1) is 0 Å². The second-order valence-corrected chi connectivity index (χ2v) is 4.34. The van der Waals surface area contributed by atoms with Crippen LogP contribution in [0.1, 0.15) is 22.8 Å². The van der Waals surface area contributed by atoms with E-state index in [1.165, 1.54) is 12.1 Å². The molecule has 2 aromatic rings. The molecule has 3 heteroatoms. The van der Waals surface area contributed by atoms with E-state index in [0.717, 1.165) is 0 Å². The number of aliphatic hydroxyl groups is 1. The number of aliphatic hydroxyl groups excluding tert-OH is 1. The molecule has 0 saturated heterocycles. The average molecular weight is 251 g/mol. The fraction of sp³-hybridized carbons (Fsp3) is 0.143. The van der Waals surface area contributed by atoms with Crippen LogP contribution < -0.4 is 0 Å². The molecule has 0 saturated carbocycles. The second kappa shape index (κ2) is 4.86. The Morgan fingerprint density at radius 3 is 2.47 bits per heavy atom. The van der Waals surface area contributed by atoms with Crippen LogP contribution in [0.25, 0.3) is 0 Å². The van der Waals surface area contributed by atoms with Gasteiger partial charge < -0.3 is 5.11 Å². The molecule has 2 aromatic carbocycles. The smallest absolute Gasteiger partial charge is 0.129 e. The van der Waals surface area contributed by atoms with Crippen LogP contribution in [-0.4, -0.2) is 5.11 Å². The lowest BCUT2D eigenvalue weighted by Crippen LogP contribution is -2.03.